The molecule has 2 aliphatic rings. The second kappa shape index (κ2) is 9.59. The van der Waals surface area contributed by atoms with Crippen LogP contribution in [0.15, 0.2) is 36.4 Å². The van der Waals surface area contributed by atoms with Gasteiger partial charge in [0.2, 0.25) is 5.91 Å². The van der Waals surface area contributed by atoms with Gasteiger partial charge in [0.25, 0.3) is 0 Å². The lowest BCUT2D eigenvalue weighted by Crippen LogP contribution is -2.46. The van der Waals surface area contributed by atoms with E-state index in [4.69, 9.17) is 4.74 Å². The van der Waals surface area contributed by atoms with Crippen molar-refractivity contribution in [3.63, 3.8) is 0 Å². The van der Waals surface area contributed by atoms with Crippen LogP contribution in [0.2, 0.25) is 0 Å². The lowest BCUT2D eigenvalue weighted by atomic mass is 9.90. The van der Waals surface area contributed by atoms with Gasteiger partial charge in [0.1, 0.15) is 35.4 Å². The average molecular weight is 495 g/mol. The van der Waals surface area contributed by atoms with E-state index in [2.05, 4.69) is 30.2 Å². The molecule has 2 fully saturated rings. The number of piperidine rings is 1. The SMILES string of the molecule is O=C(NC1CC1)[C@@H](OCc1nc2c(F)cccc2[nH]1)C1CCN(Cc2nc3c(F)cccc3[nH]2)CC1. The smallest absolute Gasteiger partial charge is 0.249 e. The van der Waals surface area contributed by atoms with Crippen molar-refractivity contribution in [3.05, 3.63) is 59.7 Å². The predicted octanol–water partition coefficient (Wildman–Crippen LogP) is 3.79. The second-order valence-electron chi connectivity index (χ2n) is 9.77. The van der Waals surface area contributed by atoms with Crippen LogP contribution in [0.25, 0.3) is 22.1 Å². The Bertz CT molecular complexity index is 1390. The standard InChI is InChI=1S/C26H28F2N6O2/c27-17-3-1-5-19-23(17)32-21(30-19)13-34-11-9-15(10-12-34)25(26(35)29-16-7-8-16)36-14-22-31-20-6-2-4-18(28)24(20)33-22/h1-6,15-16,25H,7-14H2,(H,29,35)(H,30,32)(H,31,33)/t25-/m0/s1. The van der Waals surface area contributed by atoms with Gasteiger partial charge in [0.15, 0.2) is 11.6 Å². The first-order valence-electron chi connectivity index (χ1n) is 12.4. The number of aromatic nitrogens is 4. The van der Waals surface area contributed by atoms with Gasteiger partial charge in [-0.05, 0) is 69.0 Å². The minimum Gasteiger partial charge on any atom is -0.360 e. The minimum atomic E-state index is -0.605. The molecule has 0 bridgehead atoms. The molecule has 0 radical (unpaired) electrons. The number of hydrogen-bond acceptors (Lipinski definition) is 5. The summed E-state index contributed by atoms with van der Waals surface area (Å²) in [7, 11) is 0. The first-order chi connectivity index (χ1) is 17.5. The fourth-order valence-corrected chi connectivity index (χ4v) is 4.97. The summed E-state index contributed by atoms with van der Waals surface area (Å²) in [5.41, 5.74) is 1.92. The highest BCUT2D eigenvalue weighted by molar-refractivity contribution is 5.81. The van der Waals surface area contributed by atoms with Gasteiger partial charge in [0.05, 0.1) is 17.6 Å². The highest BCUT2D eigenvalue weighted by Gasteiger charge is 2.35. The van der Waals surface area contributed by atoms with Gasteiger partial charge in [-0.2, -0.15) is 0 Å². The number of nitrogens with one attached hydrogen (secondary N) is 3. The lowest BCUT2D eigenvalue weighted by Gasteiger charge is -2.35. The Morgan fingerprint density at radius 1 is 0.972 bits per heavy atom. The van der Waals surface area contributed by atoms with Crippen LogP contribution in [0, 0.1) is 17.6 Å². The third kappa shape index (κ3) is 4.83. The molecule has 4 aromatic rings. The molecule has 2 aromatic carbocycles. The zero-order valence-electron chi connectivity index (χ0n) is 19.8. The van der Waals surface area contributed by atoms with Crippen molar-refractivity contribution in [2.45, 2.75) is 51.0 Å². The maximum absolute atomic E-state index is 14.0. The molecule has 36 heavy (non-hydrogen) atoms. The van der Waals surface area contributed by atoms with Crippen LogP contribution in [0.3, 0.4) is 0 Å². The third-order valence-corrected chi connectivity index (χ3v) is 7.04. The number of benzene rings is 2. The number of H-pyrrole nitrogens is 2. The van der Waals surface area contributed by atoms with E-state index in [1.165, 1.54) is 12.1 Å². The number of imidazole rings is 2. The molecule has 8 nitrogen and oxygen atoms in total. The highest BCUT2D eigenvalue weighted by Crippen LogP contribution is 2.27. The molecule has 0 spiro atoms. The van der Waals surface area contributed by atoms with Gasteiger partial charge in [-0.25, -0.2) is 18.7 Å². The molecule has 1 aliphatic heterocycles. The van der Waals surface area contributed by atoms with E-state index in [0.29, 0.717) is 28.9 Å². The fourth-order valence-electron chi connectivity index (χ4n) is 4.97. The van der Waals surface area contributed by atoms with E-state index < -0.39 is 11.9 Å². The summed E-state index contributed by atoms with van der Waals surface area (Å²) in [5, 5.41) is 3.08. The van der Waals surface area contributed by atoms with Gasteiger partial charge in [0, 0.05) is 6.04 Å². The predicted molar refractivity (Wildman–Crippen MR) is 130 cm³/mol. The molecule has 0 unspecified atom stereocenters. The van der Waals surface area contributed by atoms with E-state index in [1.807, 2.05) is 6.07 Å². The lowest BCUT2D eigenvalue weighted by molar-refractivity contribution is -0.139. The summed E-state index contributed by atoms with van der Waals surface area (Å²) in [6.45, 7) is 2.24. The number of halogens is 2. The Balaban J connectivity index is 1.10. The van der Waals surface area contributed by atoms with Crippen LogP contribution in [0.5, 0.6) is 0 Å². The van der Waals surface area contributed by atoms with Crippen LogP contribution >= 0.6 is 0 Å². The summed E-state index contributed by atoms with van der Waals surface area (Å²) in [5.74, 6) is 0.458. The number of hydrogen-bond donors (Lipinski definition) is 3. The number of rotatable bonds is 8. The number of likely N-dealkylation sites (tertiary alicyclic amines) is 1. The third-order valence-electron chi connectivity index (χ3n) is 7.04. The Labute approximate surface area is 206 Å². The Kier molecular flexibility index (Phi) is 6.14. The van der Waals surface area contributed by atoms with Crippen molar-refractivity contribution in [3.8, 4) is 0 Å². The van der Waals surface area contributed by atoms with Gasteiger partial charge in [-0.15, -0.1) is 0 Å². The summed E-state index contributed by atoms with van der Waals surface area (Å²) in [6.07, 6.45) is 2.96. The number of carbonyl (C=O) groups is 1. The molecular formula is C26H28F2N6O2. The molecule has 10 heteroatoms. The molecule has 2 aromatic heterocycles. The number of para-hydroxylation sites is 2. The molecule has 1 amide bonds. The maximum atomic E-state index is 14.0. The van der Waals surface area contributed by atoms with E-state index >= 15 is 0 Å². The number of ether oxygens (including phenoxy) is 1. The van der Waals surface area contributed by atoms with Gasteiger partial charge >= 0.3 is 0 Å². The Morgan fingerprint density at radius 3 is 2.19 bits per heavy atom. The first-order valence-corrected chi connectivity index (χ1v) is 12.4. The average Bonchev–Trinajstić information content (AvgIpc) is 3.41. The monoisotopic (exact) mass is 494 g/mol. The van der Waals surface area contributed by atoms with E-state index in [0.717, 1.165) is 44.6 Å². The van der Waals surface area contributed by atoms with Crippen LogP contribution in [-0.4, -0.2) is 56.0 Å². The molecular weight excluding hydrogens is 466 g/mol. The summed E-state index contributed by atoms with van der Waals surface area (Å²) < 4.78 is 34.1. The molecule has 6 rings (SSSR count). The summed E-state index contributed by atoms with van der Waals surface area (Å²) >= 11 is 0. The molecule has 1 aliphatic carbocycles. The van der Waals surface area contributed by atoms with Crippen molar-refractivity contribution >= 4 is 28.0 Å². The van der Waals surface area contributed by atoms with E-state index in [9.17, 15) is 13.6 Å². The molecule has 1 saturated heterocycles. The van der Waals surface area contributed by atoms with Crippen molar-refractivity contribution in [2.24, 2.45) is 5.92 Å². The highest BCUT2D eigenvalue weighted by atomic mass is 19.1. The Morgan fingerprint density at radius 2 is 1.58 bits per heavy atom. The van der Waals surface area contributed by atoms with Gasteiger partial charge in [-0.3, -0.25) is 9.69 Å². The molecule has 188 valence electrons. The number of fused-ring (bicyclic) bond motifs is 2. The largest absolute Gasteiger partial charge is 0.360 e. The topological polar surface area (TPSA) is 98.9 Å². The van der Waals surface area contributed by atoms with Crippen molar-refractivity contribution < 1.29 is 18.3 Å². The summed E-state index contributed by atoms with van der Waals surface area (Å²) in [6, 6.07) is 9.89. The minimum absolute atomic E-state index is 0.0502. The van der Waals surface area contributed by atoms with Crippen molar-refractivity contribution in [1.82, 2.24) is 30.2 Å². The quantitative estimate of drug-likeness (QED) is 0.346. The van der Waals surface area contributed by atoms with E-state index in [-0.39, 0.29) is 35.8 Å². The van der Waals surface area contributed by atoms with Crippen LogP contribution in [0.1, 0.15) is 37.3 Å². The zero-order valence-corrected chi connectivity index (χ0v) is 19.8. The number of carbonyl (C=O) groups excluding carboxylic acids is 1. The number of nitrogens with zero attached hydrogens (tertiary/aromatic N) is 3. The van der Waals surface area contributed by atoms with Crippen LogP contribution in [0.4, 0.5) is 8.78 Å². The normalized spacial score (nSPS) is 18.2. The Hall–Kier alpha value is -3.37. The number of aromatic amines is 2. The molecule has 3 N–H and O–H groups in total. The van der Waals surface area contributed by atoms with Crippen LogP contribution < -0.4 is 5.32 Å². The second-order valence-corrected chi connectivity index (χ2v) is 9.77. The van der Waals surface area contributed by atoms with Crippen molar-refractivity contribution in [2.75, 3.05) is 13.1 Å². The zero-order chi connectivity index (χ0) is 24.6. The van der Waals surface area contributed by atoms with Crippen molar-refractivity contribution in [1.29, 1.82) is 0 Å². The van der Waals surface area contributed by atoms with Gasteiger partial charge in [-0.1, -0.05) is 12.1 Å². The molecule has 3 heterocycles. The maximum Gasteiger partial charge on any atom is 0.249 e. The molecule has 1 atom stereocenters. The fraction of sp³-hybridized carbons (Fsp3) is 0.423. The summed E-state index contributed by atoms with van der Waals surface area (Å²) in [4.78, 5) is 30.3. The number of amides is 1. The van der Waals surface area contributed by atoms with Crippen LogP contribution in [-0.2, 0) is 22.7 Å². The van der Waals surface area contributed by atoms with Gasteiger partial charge < -0.3 is 20.0 Å². The first kappa shape index (κ1) is 23.1. The van der Waals surface area contributed by atoms with E-state index in [1.54, 1.807) is 18.2 Å². The molecule has 1 saturated carbocycles.